The van der Waals surface area contributed by atoms with Crippen LogP contribution in [0.25, 0.3) is 10.9 Å². The summed E-state index contributed by atoms with van der Waals surface area (Å²) in [5.41, 5.74) is 0.496. The highest BCUT2D eigenvalue weighted by Crippen LogP contribution is 2.44. The van der Waals surface area contributed by atoms with E-state index in [1.807, 2.05) is 4.57 Å². The maximum absolute atomic E-state index is 16.1. The maximum atomic E-state index is 16.1. The van der Waals surface area contributed by atoms with Gasteiger partial charge in [0.15, 0.2) is 11.6 Å². The number of carbonyl (C=O) groups is 1. The number of esters is 1. The van der Waals surface area contributed by atoms with E-state index in [2.05, 4.69) is 23.6 Å². The van der Waals surface area contributed by atoms with Crippen molar-refractivity contribution in [3.8, 4) is 5.75 Å². The number of ether oxygens (including phenoxy) is 2. The van der Waals surface area contributed by atoms with Crippen molar-refractivity contribution in [3.63, 3.8) is 0 Å². The molecule has 0 unspecified atom stereocenters. The predicted octanol–water partition coefficient (Wildman–Crippen LogP) is 12.2. The van der Waals surface area contributed by atoms with Crippen LogP contribution in [0.1, 0.15) is 197 Å². The molecule has 0 bridgehead atoms. The number of methoxy groups -OCH3 is 1. The van der Waals surface area contributed by atoms with Crippen LogP contribution in [0.3, 0.4) is 0 Å². The zero-order chi connectivity index (χ0) is 38.4. The number of piperazine rings is 1. The Bertz CT molecular complexity index is 1420. The number of pyridine rings is 1. The molecule has 0 spiro atoms. The average Bonchev–Trinajstić information content (AvgIpc) is 4.03. The summed E-state index contributed by atoms with van der Waals surface area (Å²) >= 11 is 0. The molecule has 8 heteroatoms. The third kappa shape index (κ3) is 14.5. The van der Waals surface area contributed by atoms with Gasteiger partial charge in [-0.05, 0) is 38.3 Å². The van der Waals surface area contributed by atoms with Crippen LogP contribution in [0, 0.1) is 5.82 Å². The van der Waals surface area contributed by atoms with E-state index < -0.39 is 17.2 Å². The Kier molecular flexibility index (Phi) is 20.9. The van der Waals surface area contributed by atoms with Crippen LogP contribution in [-0.2, 0) is 4.74 Å². The number of aromatic nitrogens is 1. The molecule has 4 rings (SSSR count). The molecule has 1 aliphatic heterocycles. The number of benzene rings is 1. The van der Waals surface area contributed by atoms with Crippen LogP contribution < -0.4 is 15.1 Å². The fraction of sp³-hybridized carbons (Fsp3) is 0.783. The van der Waals surface area contributed by atoms with Crippen LogP contribution in [0.5, 0.6) is 5.75 Å². The molecule has 7 nitrogen and oxygen atoms in total. The minimum absolute atomic E-state index is 0.0195. The van der Waals surface area contributed by atoms with E-state index in [0.717, 1.165) is 51.7 Å². The summed E-state index contributed by atoms with van der Waals surface area (Å²) in [6.45, 7) is 9.06. The molecule has 2 aromatic rings. The van der Waals surface area contributed by atoms with Crippen LogP contribution in [0.15, 0.2) is 17.1 Å². The molecule has 1 saturated heterocycles. The second-order valence-electron chi connectivity index (χ2n) is 16.4. The van der Waals surface area contributed by atoms with E-state index in [4.69, 9.17) is 9.47 Å². The van der Waals surface area contributed by atoms with Crippen molar-refractivity contribution >= 4 is 22.6 Å². The van der Waals surface area contributed by atoms with Gasteiger partial charge in [0.2, 0.25) is 5.43 Å². The molecule has 2 heterocycles. The lowest BCUT2D eigenvalue weighted by atomic mass is 10.1. The van der Waals surface area contributed by atoms with E-state index in [0.29, 0.717) is 36.6 Å². The van der Waals surface area contributed by atoms with Gasteiger partial charge >= 0.3 is 5.97 Å². The standard InChI is InChI=1S/C46H76FN3O4/c1-4-6-8-10-12-14-16-18-20-22-24-26-30-48-31-33-49(34-32-48)43-41(47)36-39-42(45(43)53-3)50(38-28-29-38)37-40(44(39)51)46(52)54-35-27-25-23-21-19-17-15-13-11-9-7-5-2/h36-38H,4-35H2,1-3H3. The summed E-state index contributed by atoms with van der Waals surface area (Å²) in [6, 6.07) is 1.48. The van der Waals surface area contributed by atoms with Gasteiger partial charge in [-0.2, -0.15) is 0 Å². The first-order valence-corrected chi connectivity index (χ1v) is 22.6. The molecule has 1 aliphatic carbocycles. The smallest absolute Gasteiger partial charge is 0.343 e. The van der Waals surface area contributed by atoms with Crippen molar-refractivity contribution < 1.29 is 18.7 Å². The number of unbranched alkanes of at least 4 members (excludes halogenated alkanes) is 22. The Morgan fingerprint density at radius 3 is 1.67 bits per heavy atom. The minimum atomic E-state index is -0.618. The Hall–Kier alpha value is -2.61. The van der Waals surface area contributed by atoms with Gasteiger partial charge < -0.3 is 18.9 Å². The number of hydrogen-bond donors (Lipinski definition) is 0. The van der Waals surface area contributed by atoms with Crippen molar-refractivity contribution in [2.45, 2.75) is 187 Å². The largest absolute Gasteiger partial charge is 0.492 e. The van der Waals surface area contributed by atoms with Gasteiger partial charge in [0.05, 0.1) is 24.6 Å². The molecule has 1 aromatic carbocycles. The Labute approximate surface area is 327 Å². The predicted molar refractivity (Wildman–Crippen MR) is 224 cm³/mol. The fourth-order valence-corrected chi connectivity index (χ4v) is 8.27. The first kappa shape index (κ1) is 44.1. The third-order valence-corrected chi connectivity index (χ3v) is 11.8. The highest BCUT2D eigenvalue weighted by molar-refractivity contribution is 5.97. The summed E-state index contributed by atoms with van der Waals surface area (Å²) < 4.78 is 29.6. The number of nitrogens with zero attached hydrogens (tertiary/aromatic N) is 3. The van der Waals surface area contributed by atoms with Gasteiger partial charge in [-0.1, -0.05) is 155 Å². The van der Waals surface area contributed by atoms with E-state index in [-0.39, 0.29) is 17.0 Å². The third-order valence-electron chi connectivity index (χ3n) is 11.8. The van der Waals surface area contributed by atoms with Gasteiger partial charge in [0.25, 0.3) is 0 Å². The van der Waals surface area contributed by atoms with Crippen LogP contribution in [0.4, 0.5) is 10.1 Å². The lowest BCUT2D eigenvalue weighted by molar-refractivity contribution is 0.0495. The van der Waals surface area contributed by atoms with Crippen LogP contribution in [0.2, 0.25) is 0 Å². The monoisotopic (exact) mass is 754 g/mol. The molecule has 2 fully saturated rings. The first-order valence-electron chi connectivity index (χ1n) is 22.6. The van der Waals surface area contributed by atoms with Crippen molar-refractivity contribution in [1.82, 2.24) is 9.47 Å². The number of halogens is 1. The van der Waals surface area contributed by atoms with Crippen molar-refractivity contribution in [2.75, 3.05) is 51.3 Å². The first-order chi connectivity index (χ1) is 26.5. The molecule has 0 amide bonds. The van der Waals surface area contributed by atoms with Crippen LogP contribution >= 0.6 is 0 Å². The number of fused-ring (bicyclic) bond motifs is 1. The van der Waals surface area contributed by atoms with Gasteiger partial charge in [0.1, 0.15) is 11.3 Å². The highest BCUT2D eigenvalue weighted by Gasteiger charge is 2.32. The molecular formula is C46H76FN3O4. The summed E-state index contributed by atoms with van der Waals surface area (Å²) in [4.78, 5) is 31.5. The summed E-state index contributed by atoms with van der Waals surface area (Å²) in [6.07, 6.45) is 34.5. The molecule has 1 saturated carbocycles. The molecule has 0 N–H and O–H groups in total. The summed E-state index contributed by atoms with van der Waals surface area (Å²) in [5.74, 6) is -0.706. The number of hydrogen-bond acceptors (Lipinski definition) is 6. The number of anilines is 1. The minimum Gasteiger partial charge on any atom is -0.492 e. The zero-order valence-electron chi connectivity index (χ0n) is 34.7. The van der Waals surface area contributed by atoms with Gasteiger partial charge in [-0.15, -0.1) is 0 Å². The average molecular weight is 754 g/mol. The Balaban J connectivity index is 1.23. The Morgan fingerprint density at radius 1 is 0.704 bits per heavy atom. The van der Waals surface area contributed by atoms with Crippen LogP contribution in [-0.4, -0.2) is 61.9 Å². The topological polar surface area (TPSA) is 64.0 Å². The number of carbonyl (C=O) groups excluding carboxylic acids is 1. The Morgan fingerprint density at radius 2 is 1.19 bits per heavy atom. The van der Waals surface area contributed by atoms with E-state index in [9.17, 15) is 9.59 Å². The second kappa shape index (κ2) is 25.5. The summed E-state index contributed by atoms with van der Waals surface area (Å²) in [7, 11) is 1.56. The van der Waals surface area contributed by atoms with Crippen molar-refractivity contribution in [3.05, 3.63) is 33.9 Å². The van der Waals surface area contributed by atoms with E-state index in [1.165, 1.54) is 141 Å². The molecule has 1 aromatic heterocycles. The van der Waals surface area contributed by atoms with Crippen molar-refractivity contribution in [1.29, 1.82) is 0 Å². The summed E-state index contributed by atoms with van der Waals surface area (Å²) in [5, 5.41) is 0.186. The van der Waals surface area contributed by atoms with E-state index >= 15 is 4.39 Å². The van der Waals surface area contributed by atoms with Gasteiger partial charge in [-0.3, -0.25) is 9.69 Å². The molecule has 2 aliphatic rings. The lowest BCUT2D eigenvalue weighted by Gasteiger charge is -2.37. The van der Waals surface area contributed by atoms with Gasteiger partial charge in [-0.25, -0.2) is 9.18 Å². The van der Waals surface area contributed by atoms with Gasteiger partial charge in [0, 0.05) is 38.4 Å². The SMILES string of the molecule is CCCCCCCCCCCCCCOC(=O)c1cn(C2CC2)c2c(OC)c(N3CCN(CCCCCCCCCCCCCC)CC3)c(F)cc2c1=O. The molecule has 54 heavy (non-hydrogen) atoms. The second-order valence-corrected chi connectivity index (χ2v) is 16.4. The molecular weight excluding hydrogens is 678 g/mol. The lowest BCUT2D eigenvalue weighted by Crippen LogP contribution is -2.47. The zero-order valence-corrected chi connectivity index (χ0v) is 34.7. The molecule has 0 radical (unpaired) electrons. The maximum Gasteiger partial charge on any atom is 0.343 e. The quantitative estimate of drug-likeness (QED) is 0.0585. The van der Waals surface area contributed by atoms with E-state index in [1.54, 1.807) is 13.3 Å². The fourth-order valence-electron chi connectivity index (χ4n) is 8.27. The highest BCUT2D eigenvalue weighted by atomic mass is 19.1. The van der Waals surface area contributed by atoms with Crippen molar-refractivity contribution in [2.24, 2.45) is 0 Å². The number of rotatable bonds is 30. The molecule has 306 valence electrons. The molecule has 0 atom stereocenters. The normalized spacial score (nSPS) is 15.0.